The maximum Gasteiger partial charge on any atom is 0.406 e. The van der Waals surface area contributed by atoms with Gasteiger partial charge in [-0.1, -0.05) is 5.92 Å². The average molecular weight is 585 g/mol. The number of nitrogens with zero attached hydrogens (tertiary/aromatic N) is 2. The summed E-state index contributed by atoms with van der Waals surface area (Å²) in [5.74, 6) is 4.97. The highest BCUT2D eigenvalue weighted by Gasteiger charge is 2.31. The molecule has 13 heteroatoms. The molecule has 2 N–H and O–H groups in total. The average Bonchev–Trinajstić information content (AvgIpc) is 3.18. The van der Waals surface area contributed by atoms with E-state index in [1.165, 1.54) is 31.4 Å². The molecule has 0 bridgehead atoms. The van der Waals surface area contributed by atoms with Crippen LogP contribution >= 0.6 is 0 Å². The number of halogens is 5. The highest BCUT2D eigenvalue weighted by Crippen LogP contribution is 2.33. The topological polar surface area (TPSA) is 75.6 Å². The zero-order valence-electron chi connectivity index (χ0n) is 22.1. The van der Waals surface area contributed by atoms with Crippen LogP contribution in [0.15, 0.2) is 41.3 Å². The van der Waals surface area contributed by atoms with Crippen molar-refractivity contribution in [3.8, 4) is 17.6 Å². The van der Waals surface area contributed by atoms with Gasteiger partial charge in [0.05, 0.1) is 41.5 Å². The van der Waals surface area contributed by atoms with E-state index in [4.69, 9.17) is 4.74 Å². The Bertz CT molecular complexity index is 1560. The number of nitrogens with one attached hydrogen (secondary N) is 2. The molecule has 0 spiro atoms. The Hall–Kier alpha value is -3.50. The number of fused-ring (bicyclic) bond motifs is 1. The fourth-order valence-corrected chi connectivity index (χ4v) is 5.27. The van der Waals surface area contributed by atoms with Crippen LogP contribution in [0.5, 0.6) is 5.75 Å². The minimum Gasteiger partial charge on any atom is -0.495 e. The van der Waals surface area contributed by atoms with E-state index in [0.29, 0.717) is 24.0 Å². The van der Waals surface area contributed by atoms with Crippen LogP contribution in [-0.4, -0.2) is 76.3 Å². The second-order valence-corrected chi connectivity index (χ2v) is 11.7. The van der Waals surface area contributed by atoms with E-state index in [1.807, 2.05) is 4.90 Å². The summed E-state index contributed by atoms with van der Waals surface area (Å²) in [5, 5.41) is 6.25. The Morgan fingerprint density at radius 3 is 2.55 bits per heavy atom. The zero-order valence-corrected chi connectivity index (χ0v) is 22.9. The van der Waals surface area contributed by atoms with Crippen LogP contribution < -0.4 is 15.4 Å². The molecule has 1 saturated heterocycles. The lowest BCUT2D eigenvalue weighted by Gasteiger charge is -2.33. The van der Waals surface area contributed by atoms with Crippen LogP contribution in [0.1, 0.15) is 12.1 Å². The van der Waals surface area contributed by atoms with E-state index in [-0.39, 0.29) is 40.6 Å². The van der Waals surface area contributed by atoms with Gasteiger partial charge in [-0.15, -0.1) is 0 Å². The molecule has 0 radical (unpaired) electrons. The molecule has 2 atom stereocenters. The first-order valence-electron chi connectivity index (χ1n) is 12.3. The number of methoxy groups -OCH3 is 1. The molecule has 0 amide bonds. The number of ether oxygens (including phenoxy) is 1. The standard InChI is InChI=1S/C27H29F5N4O3S/c1-35-10-8-22(21(29)15-35)34-24-11-17(28)12-25-20(24)13-18(36(25)16-27(30,31)32)5-4-9-33-23-7-6-19(40(3,37)38)14-26(23)39-2/h6-7,11-14,21-22,33-34H,8-10,15-16H2,1-3H3/t21-,22+/m0/s1. The molecule has 0 saturated carbocycles. The van der Waals surface area contributed by atoms with Crippen molar-refractivity contribution in [1.82, 2.24) is 9.47 Å². The summed E-state index contributed by atoms with van der Waals surface area (Å²) in [7, 11) is -0.290. The third-order valence-electron chi connectivity index (χ3n) is 6.59. The number of benzene rings is 2. The van der Waals surface area contributed by atoms with Gasteiger partial charge in [-0.2, -0.15) is 13.2 Å². The lowest BCUT2D eigenvalue weighted by molar-refractivity contribution is -0.140. The SMILES string of the molecule is COc1cc(S(C)(=O)=O)ccc1NCC#Cc1cc2c(N[C@@H]3CCN(C)C[C@@H]3F)cc(F)cc2n1CC(F)(F)F. The number of sulfone groups is 1. The Balaban J connectivity index is 1.64. The molecular formula is C27H29F5N4O3S. The Kier molecular flexibility index (Phi) is 8.51. The number of alkyl halides is 4. The Labute approximate surface area is 229 Å². The van der Waals surface area contributed by atoms with Gasteiger partial charge in [-0.05, 0) is 49.7 Å². The van der Waals surface area contributed by atoms with Crippen molar-refractivity contribution in [2.75, 3.05) is 50.7 Å². The lowest BCUT2D eigenvalue weighted by atomic mass is 10.0. The molecule has 3 aromatic rings. The molecule has 7 nitrogen and oxygen atoms in total. The maximum atomic E-state index is 14.7. The number of aromatic nitrogens is 1. The number of hydrogen-bond acceptors (Lipinski definition) is 6. The quantitative estimate of drug-likeness (QED) is 0.311. The van der Waals surface area contributed by atoms with E-state index in [2.05, 4.69) is 22.5 Å². The summed E-state index contributed by atoms with van der Waals surface area (Å²) in [6.07, 6.45) is -4.32. The summed E-state index contributed by atoms with van der Waals surface area (Å²) in [6, 6.07) is 7.21. The Morgan fingerprint density at radius 1 is 1.15 bits per heavy atom. The first-order valence-corrected chi connectivity index (χ1v) is 14.2. The summed E-state index contributed by atoms with van der Waals surface area (Å²) < 4.78 is 99.4. The van der Waals surface area contributed by atoms with E-state index in [1.54, 1.807) is 7.05 Å². The molecule has 216 valence electrons. The van der Waals surface area contributed by atoms with Crippen LogP contribution in [0.2, 0.25) is 0 Å². The second-order valence-electron chi connectivity index (χ2n) is 9.72. The molecule has 1 aliphatic rings. The molecule has 1 fully saturated rings. The van der Waals surface area contributed by atoms with Crippen LogP contribution in [0.25, 0.3) is 10.9 Å². The van der Waals surface area contributed by atoms with Crippen molar-refractivity contribution in [2.45, 2.75) is 36.3 Å². The summed E-state index contributed by atoms with van der Waals surface area (Å²) in [6.45, 7) is -0.591. The summed E-state index contributed by atoms with van der Waals surface area (Å²) in [5.41, 5.74) is 0.623. The minimum absolute atomic E-state index is 0.00217. The van der Waals surface area contributed by atoms with Crippen LogP contribution in [0.3, 0.4) is 0 Å². The van der Waals surface area contributed by atoms with Gasteiger partial charge in [0.2, 0.25) is 0 Å². The highest BCUT2D eigenvalue weighted by molar-refractivity contribution is 7.90. The molecular weight excluding hydrogens is 555 g/mol. The van der Waals surface area contributed by atoms with Crippen molar-refractivity contribution in [2.24, 2.45) is 0 Å². The number of rotatable bonds is 7. The van der Waals surface area contributed by atoms with Crippen molar-refractivity contribution >= 4 is 32.1 Å². The lowest BCUT2D eigenvalue weighted by Crippen LogP contribution is -2.46. The van der Waals surface area contributed by atoms with Gasteiger partial charge in [0.15, 0.2) is 9.84 Å². The van der Waals surface area contributed by atoms with E-state index in [9.17, 15) is 30.4 Å². The van der Waals surface area contributed by atoms with E-state index < -0.39 is 40.6 Å². The number of hydrogen-bond donors (Lipinski definition) is 2. The predicted molar refractivity (Wildman–Crippen MR) is 144 cm³/mol. The van der Waals surface area contributed by atoms with E-state index in [0.717, 1.165) is 23.0 Å². The molecule has 2 heterocycles. The van der Waals surface area contributed by atoms with Gasteiger partial charge in [-0.3, -0.25) is 0 Å². The van der Waals surface area contributed by atoms with Gasteiger partial charge in [0.25, 0.3) is 0 Å². The zero-order chi connectivity index (χ0) is 29.2. The van der Waals surface area contributed by atoms with Crippen molar-refractivity contribution in [3.05, 3.63) is 47.9 Å². The predicted octanol–water partition coefficient (Wildman–Crippen LogP) is 4.67. The van der Waals surface area contributed by atoms with Crippen LogP contribution in [0.4, 0.5) is 33.3 Å². The highest BCUT2D eigenvalue weighted by atomic mass is 32.2. The van der Waals surface area contributed by atoms with E-state index >= 15 is 0 Å². The smallest absolute Gasteiger partial charge is 0.406 e. The van der Waals surface area contributed by atoms with Crippen molar-refractivity contribution in [3.63, 3.8) is 0 Å². The van der Waals surface area contributed by atoms with Gasteiger partial charge >= 0.3 is 6.18 Å². The monoisotopic (exact) mass is 584 g/mol. The van der Waals surface area contributed by atoms with Crippen LogP contribution in [0, 0.1) is 17.7 Å². The van der Waals surface area contributed by atoms with Gasteiger partial charge < -0.3 is 24.8 Å². The van der Waals surface area contributed by atoms with Gasteiger partial charge in [0, 0.05) is 36.5 Å². The molecule has 4 rings (SSSR count). The third kappa shape index (κ3) is 6.98. The largest absolute Gasteiger partial charge is 0.495 e. The number of piperidine rings is 1. The van der Waals surface area contributed by atoms with Gasteiger partial charge in [0.1, 0.15) is 24.3 Å². The molecule has 2 aromatic carbocycles. The maximum absolute atomic E-state index is 14.7. The normalized spacial score (nSPS) is 18.3. The summed E-state index contributed by atoms with van der Waals surface area (Å²) >= 11 is 0. The minimum atomic E-state index is -4.60. The van der Waals surface area contributed by atoms with Crippen molar-refractivity contribution in [1.29, 1.82) is 0 Å². The Morgan fingerprint density at radius 2 is 1.90 bits per heavy atom. The fraction of sp³-hybridized carbons (Fsp3) is 0.407. The van der Waals surface area contributed by atoms with Gasteiger partial charge in [-0.25, -0.2) is 17.2 Å². The van der Waals surface area contributed by atoms with Crippen molar-refractivity contribution < 1.29 is 35.1 Å². The molecule has 0 aliphatic carbocycles. The first-order chi connectivity index (χ1) is 18.7. The van der Waals surface area contributed by atoms with Crippen LogP contribution in [-0.2, 0) is 16.4 Å². The molecule has 0 unspecified atom stereocenters. The number of anilines is 2. The third-order valence-corrected chi connectivity index (χ3v) is 7.70. The first kappa shape index (κ1) is 29.5. The molecule has 1 aliphatic heterocycles. The number of likely N-dealkylation sites (tertiary alicyclic amines) is 1. The molecule has 40 heavy (non-hydrogen) atoms. The fourth-order valence-electron chi connectivity index (χ4n) is 4.64. The molecule has 1 aromatic heterocycles. The summed E-state index contributed by atoms with van der Waals surface area (Å²) in [4.78, 5) is 1.90. The second kappa shape index (κ2) is 11.5.